The molecule has 0 atom stereocenters. The number of nitrogens with two attached hydrogens (primary N) is 1. The Balaban J connectivity index is 3.24. The van der Waals surface area contributed by atoms with Crippen molar-refractivity contribution in [1.29, 1.82) is 0 Å². The second-order valence-electron chi connectivity index (χ2n) is 3.31. The third-order valence-electron chi connectivity index (χ3n) is 2.11. The Morgan fingerprint density at radius 2 is 2.00 bits per heavy atom. The van der Waals surface area contributed by atoms with Crippen LogP contribution in [0, 0.1) is 0 Å². The van der Waals surface area contributed by atoms with Crippen LogP contribution in [0.5, 0.6) is 0 Å². The fourth-order valence-corrected chi connectivity index (χ4v) is 1.68. The predicted molar refractivity (Wildman–Crippen MR) is 61.1 cm³/mol. The number of rotatable bonds is 3. The van der Waals surface area contributed by atoms with Crippen LogP contribution >= 0.6 is 0 Å². The first-order valence-electron chi connectivity index (χ1n) is 4.30. The summed E-state index contributed by atoms with van der Waals surface area (Å²) in [7, 11) is -2.06. The SMILES string of the molecule is CN(c1ccc(C(=O)O)cc1N)S(C)(=O)=O. The van der Waals surface area contributed by atoms with Gasteiger partial charge in [-0.3, -0.25) is 4.31 Å². The second-order valence-corrected chi connectivity index (χ2v) is 5.32. The van der Waals surface area contributed by atoms with Crippen LogP contribution < -0.4 is 10.0 Å². The van der Waals surface area contributed by atoms with E-state index in [9.17, 15) is 13.2 Å². The highest BCUT2D eigenvalue weighted by atomic mass is 32.2. The zero-order chi connectivity index (χ0) is 12.5. The van der Waals surface area contributed by atoms with Gasteiger partial charge in [-0.1, -0.05) is 0 Å². The lowest BCUT2D eigenvalue weighted by atomic mass is 10.2. The molecule has 88 valence electrons. The van der Waals surface area contributed by atoms with Crippen molar-refractivity contribution >= 4 is 27.4 Å². The van der Waals surface area contributed by atoms with Crippen LogP contribution in [0.2, 0.25) is 0 Å². The quantitative estimate of drug-likeness (QED) is 0.748. The fourth-order valence-electron chi connectivity index (χ4n) is 1.15. The second kappa shape index (κ2) is 4.01. The van der Waals surface area contributed by atoms with Gasteiger partial charge >= 0.3 is 5.97 Å². The standard InChI is InChI=1S/C9H12N2O4S/c1-11(16(2,14)15)8-4-3-6(9(12)13)5-7(8)10/h3-5H,10H2,1-2H3,(H,12,13). The van der Waals surface area contributed by atoms with Crippen LogP contribution in [-0.2, 0) is 10.0 Å². The highest BCUT2D eigenvalue weighted by molar-refractivity contribution is 7.92. The van der Waals surface area contributed by atoms with Gasteiger partial charge in [-0.15, -0.1) is 0 Å². The molecule has 0 radical (unpaired) electrons. The van der Waals surface area contributed by atoms with E-state index in [-0.39, 0.29) is 16.9 Å². The van der Waals surface area contributed by atoms with Crippen LogP contribution in [-0.4, -0.2) is 32.8 Å². The number of carboxylic acids is 1. The number of nitrogen functional groups attached to an aromatic ring is 1. The van der Waals surface area contributed by atoms with E-state index in [1.807, 2.05) is 0 Å². The van der Waals surface area contributed by atoms with Crippen LogP contribution in [0.1, 0.15) is 10.4 Å². The van der Waals surface area contributed by atoms with Crippen molar-refractivity contribution in [3.8, 4) is 0 Å². The lowest BCUT2D eigenvalue weighted by Crippen LogP contribution is -2.25. The predicted octanol–water partition coefficient (Wildman–Crippen LogP) is 0.363. The molecule has 0 saturated heterocycles. The Labute approximate surface area is 93.3 Å². The lowest BCUT2D eigenvalue weighted by Gasteiger charge is -2.18. The molecule has 3 N–H and O–H groups in total. The molecule has 0 aromatic heterocycles. The van der Waals surface area contributed by atoms with E-state index >= 15 is 0 Å². The third-order valence-corrected chi connectivity index (χ3v) is 3.30. The van der Waals surface area contributed by atoms with E-state index in [1.165, 1.54) is 25.2 Å². The van der Waals surface area contributed by atoms with Crippen molar-refractivity contribution in [2.45, 2.75) is 0 Å². The Morgan fingerprint density at radius 3 is 2.38 bits per heavy atom. The van der Waals surface area contributed by atoms with Gasteiger partial charge in [0.1, 0.15) is 0 Å². The summed E-state index contributed by atoms with van der Waals surface area (Å²) in [6.07, 6.45) is 1.04. The molecule has 1 aromatic rings. The number of nitrogens with zero attached hydrogens (tertiary/aromatic N) is 1. The number of hydrogen-bond acceptors (Lipinski definition) is 4. The number of sulfonamides is 1. The van der Waals surface area contributed by atoms with Crippen molar-refractivity contribution in [3.05, 3.63) is 23.8 Å². The van der Waals surface area contributed by atoms with Crippen molar-refractivity contribution in [2.75, 3.05) is 23.3 Å². The largest absolute Gasteiger partial charge is 0.478 e. The molecule has 16 heavy (non-hydrogen) atoms. The minimum atomic E-state index is -3.41. The molecule has 0 aliphatic rings. The molecule has 1 rings (SSSR count). The Hall–Kier alpha value is -1.76. The smallest absolute Gasteiger partial charge is 0.335 e. The summed E-state index contributed by atoms with van der Waals surface area (Å²) in [5, 5.41) is 8.71. The summed E-state index contributed by atoms with van der Waals surface area (Å²) in [5.41, 5.74) is 5.97. The van der Waals surface area contributed by atoms with Crippen LogP contribution in [0.4, 0.5) is 11.4 Å². The molecular weight excluding hydrogens is 232 g/mol. The first kappa shape index (κ1) is 12.3. The molecule has 1 aromatic carbocycles. The van der Waals surface area contributed by atoms with Gasteiger partial charge in [0.25, 0.3) is 0 Å². The maximum Gasteiger partial charge on any atom is 0.335 e. The van der Waals surface area contributed by atoms with Crippen molar-refractivity contribution in [3.63, 3.8) is 0 Å². The Bertz CT molecular complexity index is 524. The number of anilines is 2. The van der Waals surface area contributed by atoms with Crippen LogP contribution in [0.3, 0.4) is 0 Å². The summed E-state index contributed by atoms with van der Waals surface area (Å²) in [6.45, 7) is 0. The highest BCUT2D eigenvalue weighted by Crippen LogP contribution is 2.24. The van der Waals surface area contributed by atoms with Gasteiger partial charge in [0.2, 0.25) is 10.0 Å². The van der Waals surface area contributed by atoms with E-state index in [1.54, 1.807) is 0 Å². The van der Waals surface area contributed by atoms with Crippen LogP contribution in [0.15, 0.2) is 18.2 Å². The molecule has 6 nitrogen and oxygen atoms in total. The third kappa shape index (κ3) is 2.43. The number of aromatic carboxylic acids is 1. The summed E-state index contributed by atoms with van der Waals surface area (Å²) < 4.78 is 23.5. The van der Waals surface area contributed by atoms with E-state index < -0.39 is 16.0 Å². The molecule has 7 heteroatoms. The first-order chi connectivity index (χ1) is 7.23. The van der Waals surface area contributed by atoms with Gasteiger partial charge in [0.05, 0.1) is 23.2 Å². The number of carboxylic acid groups (broad SMARTS) is 1. The fraction of sp³-hybridized carbons (Fsp3) is 0.222. The normalized spacial score (nSPS) is 11.1. The lowest BCUT2D eigenvalue weighted by molar-refractivity contribution is 0.0697. The molecule has 0 fully saturated rings. The van der Waals surface area contributed by atoms with Gasteiger partial charge < -0.3 is 10.8 Å². The number of benzene rings is 1. The van der Waals surface area contributed by atoms with Crippen molar-refractivity contribution in [2.24, 2.45) is 0 Å². The maximum absolute atomic E-state index is 11.3. The number of hydrogen-bond donors (Lipinski definition) is 2. The molecule has 0 saturated carbocycles. The van der Waals surface area contributed by atoms with Gasteiger partial charge in [-0.2, -0.15) is 0 Å². The molecular formula is C9H12N2O4S. The molecule has 0 aliphatic heterocycles. The minimum Gasteiger partial charge on any atom is -0.478 e. The Kier molecular flexibility index (Phi) is 3.09. The topological polar surface area (TPSA) is 101 Å². The van der Waals surface area contributed by atoms with Crippen molar-refractivity contribution < 1.29 is 18.3 Å². The zero-order valence-electron chi connectivity index (χ0n) is 8.84. The van der Waals surface area contributed by atoms with Gasteiger partial charge in [0.15, 0.2) is 0 Å². The number of carbonyl (C=O) groups is 1. The highest BCUT2D eigenvalue weighted by Gasteiger charge is 2.15. The van der Waals surface area contributed by atoms with Crippen molar-refractivity contribution in [1.82, 2.24) is 0 Å². The average Bonchev–Trinajstić information content (AvgIpc) is 2.15. The molecule has 0 amide bonds. The molecule has 0 spiro atoms. The monoisotopic (exact) mass is 244 g/mol. The maximum atomic E-state index is 11.3. The first-order valence-corrected chi connectivity index (χ1v) is 6.15. The van der Waals surface area contributed by atoms with E-state index in [0.717, 1.165) is 10.6 Å². The van der Waals surface area contributed by atoms with Gasteiger partial charge in [-0.05, 0) is 18.2 Å². The van der Waals surface area contributed by atoms with E-state index in [4.69, 9.17) is 10.8 Å². The summed E-state index contributed by atoms with van der Waals surface area (Å²) in [4.78, 5) is 10.6. The summed E-state index contributed by atoms with van der Waals surface area (Å²) >= 11 is 0. The zero-order valence-corrected chi connectivity index (χ0v) is 9.65. The summed E-state index contributed by atoms with van der Waals surface area (Å²) in [5.74, 6) is -1.11. The van der Waals surface area contributed by atoms with E-state index in [0.29, 0.717) is 0 Å². The average molecular weight is 244 g/mol. The van der Waals surface area contributed by atoms with E-state index in [2.05, 4.69) is 0 Å². The minimum absolute atomic E-state index is 0.0168. The Morgan fingerprint density at radius 1 is 1.44 bits per heavy atom. The van der Waals surface area contributed by atoms with Gasteiger partial charge in [0, 0.05) is 7.05 Å². The molecule has 0 heterocycles. The van der Waals surface area contributed by atoms with Crippen LogP contribution in [0.25, 0.3) is 0 Å². The molecule has 0 aliphatic carbocycles. The molecule has 0 unspecified atom stereocenters. The molecule has 0 bridgehead atoms. The van der Waals surface area contributed by atoms with Gasteiger partial charge in [-0.25, -0.2) is 13.2 Å². The summed E-state index contributed by atoms with van der Waals surface area (Å²) in [6, 6.07) is 3.88.